The molecule has 4 nitrogen and oxygen atoms in total. The second-order valence-corrected chi connectivity index (χ2v) is 3.78. The molecule has 1 unspecified atom stereocenters. The lowest BCUT2D eigenvalue weighted by Crippen LogP contribution is -2.45. The predicted molar refractivity (Wildman–Crippen MR) is 49.7 cm³/mol. The van der Waals surface area contributed by atoms with Crippen LogP contribution in [0.3, 0.4) is 0 Å². The Balaban J connectivity index is 2.38. The minimum absolute atomic E-state index is 0.416. The highest BCUT2D eigenvalue weighted by atomic mass is 19.4. The second-order valence-electron chi connectivity index (χ2n) is 3.78. The fraction of sp³-hybridized carbons (Fsp3) is 0.778. The van der Waals surface area contributed by atoms with Crippen LogP contribution in [0.2, 0.25) is 0 Å². The van der Waals surface area contributed by atoms with Crippen LogP contribution in [0, 0.1) is 0 Å². The van der Waals surface area contributed by atoms with Crippen molar-refractivity contribution in [1.29, 1.82) is 0 Å². The summed E-state index contributed by atoms with van der Waals surface area (Å²) < 4.78 is 35.5. The number of alkyl halides is 3. The number of likely N-dealkylation sites (N-methyl/N-ethyl adjacent to an activating group) is 1. The van der Waals surface area contributed by atoms with Gasteiger partial charge < -0.3 is 5.32 Å². The zero-order valence-corrected chi connectivity index (χ0v) is 8.80. The van der Waals surface area contributed by atoms with Gasteiger partial charge in [0.25, 0.3) is 5.78 Å². The highest BCUT2D eigenvalue weighted by Crippen LogP contribution is 2.16. The standard InChI is InChI=1S/C9H13F3N2O2/c1-14-4-2-3-6(14)8(16)13-5-7(15)9(10,11)12/h6H,2-5H2,1H3,(H,13,16). The van der Waals surface area contributed by atoms with Gasteiger partial charge in [0.15, 0.2) is 0 Å². The van der Waals surface area contributed by atoms with E-state index in [9.17, 15) is 22.8 Å². The molecule has 1 rings (SSSR count). The van der Waals surface area contributed by atoms with Crippen molar-refractivity contribution < 1.29 is 22.8 Å². The van der Waals surface area contributed by atoms with E-state index in [0.717, 1.165) is 13.0 Å². The number of nitrogens with zero attached hydrogens (tertiary/aromatic N) is 1. The van der Waals surface area contributed by atoms with E-state index in [4.69, 9.17) is 0 Å². The predicted octanol–water partition coefficient (Wildman–Crippen LogP) is 0.328. The van der Waals surface area contributed by atoms with Crippen LogP contribution < -0.4 is 5.32 Å². The molecule has 0 radical (unpaired) electrons. The molecule has 1 atom stereocenters. The van der Waals surface area contributed by atoms with Crippen LogP contribution in [0.1, 0.15) is 12.8 Å². The van der Waals surface area contributed by atoms with E-state index in [1.165, 1.54) is 0 Å². The third-order valence-corrected chi connectivity index (χ3v) is 2.56. The number of likely N-dealkylation sites (tertiary alicyclic amines) is 1. The lowest BCUT2D eigenvalue weighted by molar-refractivity contribution is -0.170. The largest absolute Gasteiger partial charge is 0.451 e. The molecule has 0 saturated carbocycles. The van der Waals surface area contributed by atoms with Crippen molar-refractivity contribution in [3.63, 3.8) is 0 Å². The first-order chi connectivity index (χ1) is 7.32. The molecule has 1 amide bonds. The first kappa shape index (κ1) is 13.0. The number of hydrogen-bond donors (Lipinski definition) is 1. The van der Waals surface area contributed by atoms with E-state index in [1.54, 1.807) is 11.9 Å². The number of amides is 1. The van der Waals surface area contributed by atoms with Gasteiger partial charge in [0.05, 0.1) is 12.6 Å². The summed E-state index contributed by atoms with van der Waals surface area (Å²) in [6.07, 6.45) is -3.43. The first-order valence-electron chi connectivity index (χ1n) is 4.90. The number of halogens is 3. The molecule has 1 N–H and O–H groups in total. The van der Waals surface area contributed by atoms with Crippen LogP contribution in [0.4, 0.5) is 13.2 Å². The molecule has 1 aliphatic rings. The fourth-order valence-electron chi connectivity index (χ4n) is 1.63. The highest BCUT2D eigenvalue weighted by molar-refractivity contribution is 5.91. The lowest BCUT2D eigenvalue weighted by Gasteiger charge is -2.18. The van der Waals surface area contributed by atoms with Crippen LogP contribution in [-0.4, -0.2) is 48.9 Å². The van der Waals surface area contributed by atoms with Crippen molar-refractivity contribution in [2.24, 2.45) is 0 Å². The third-order valence-electron chi connectivity index (χ3n) is 2.56. The number of Topliss-reactive ketones (excluding diaryl/α,β-unsaturated/α-hetero) is 1. The van der Waals surface area contributed by atoms with Gasteiger partial charge in [0.1, 0.15) is 0 Å². The van der Waals surface area contributed by atoms with Crippen LogP contribution in [0.15, 0.2) is 0 Å². The molecule has 0 bridgehead atoms. The topological polar surface area (TPSA) is 49.4 Å². The minimum atomic E-state index is -4.88. The first-order valence-corrected chi connectivity index (χ1v) is 4.90. The Morgan fingerprint density at radius 2 is 2.06 bits per heavy atom. The number of nitrogens with one attached hydrogen (secondary N) is 1. The number of rotatable bonds is 3. The normalized spacial score (nSPS) is 22.1. The van der Waals surface area contributed by atoms with Crippen molar-refractivity contribution in [3.8, 4) is 0 Å². The van der Waals surface area contributed by atoms with E-state index in [-0.39, 0.29) is 0 Å². The SMILES string of the molecule is CN1CCCC1C(=O)NCC(=O)C(F)(F)F. The maximum atomic E-state index is 11.8. The monoisotopic (exact) mass is 238 g/mol. The van der Waals surface area contributed by atoms with Crippen molar-refractivity contribution in [3.05, 3.63) is 0 Å². The number of ketones is 1. The molecule has 7 heteroatoms. The van der Waals surface area contributed by atoms with E-state index in [1.807, 2.05) is 5.32 Å². The smallest absolute Gasteiger partial charge is 0.347 e. The lowest BCUT2D eigenvalue weighted by atomic mass is 10.2. The Morgan fingerprint density at radius 1 is 1.44 bits per heavy atom. The maximum Gasteiger partial charge on any atom is 0.451 e. The van der Waals surface area contributed by atoms with Gasteiger partial charge >= 0.3 is 6.18 Å². The Bertz CT molecular complexity index is 291. The third kappa shape index (κ3) is 3.19. The number of carbonyl (C=O) groups is 2. The van der Waals surface area contributed by atoms with Crippen LogP contribution in [-0.2, 0) is 9.59 Å². The summed E-state index contributed by atoms with van der Waals surface area (Å²) in [5, 5.41) is 2.01. The summed E-state index contributed by atoms with van der Waals surface area (Å²) in [5.41, 5.74) is 0. The molecule has 92 valence electrons. The van der Waals surface area contributed by atoms with Gasteiger partial charge in [-0.15, -0.1) is 0 Å². The highest BCUT2D eigenvalue weighted by Gasteiger charge is 2.38. The van der Waals surface area contributed by atoms with Gasteiger partial charge in [-0.3, -0.25) is 14.5 Å². The van der Waals surface area contributed by atoms with Crippen molar-refractivity contribution in [1.82, 2.24) is 10.2 Å². The van der Waals surface area contributed by atoms with Gasteiger partial charge in [-0.25, -0.2) is 0 Å². The molecule has 0 aliphatic carbocycles. The molecule has 0 aromatic carbocycles. The van der Waals surface area contributed by atoms with E-state index < -0.39 is 30.5 Å². The summed E-state index contributed by atoms with van der Waals surface area (Å²) in [6, 6.07) is -0.416. The molecular formula is C9H13F3N2O2. The second kappa shape index (κ2) is 4.82. The molecule has 0 aromatic heterocycles. The molecule has 1 aliphatic heterocycles. The van der Waals surface area contributed by atoms with Crippen LogP contribution in [0.25, 0.3) is 0 Å². The summed E-state index contributed by atoms with van der Waals surface area (Å²) in [7, 11) is 1.73. The molecule has 0 aromatic rings. The maximum absolute atomic E-state index is 11.8. The van der Waals surface area contributed by atoms with Crippen molar-refractivity contribution in [2.75, 3.05) is 20.1 Å². The van der Waals surface area contributed by atoms with Crippen molar-refractivity contribution in [2.45, 2.75) is 25.1 Å². The van der Waals surface area contributed by atoms with E-state index in [0.29, 0.717) is 6.42 Å². The quantitative estimate of drug-likeness (QED) is 0.770. The van der Waals surface area contributed by atoms with Gasteiger partial charge in [0, 0.05) is 0 Å². The average molecular weight is 238 g/mol. The Morgan fingerprint density at radius 3 is 2.50 bits per heavy atom. The molecule has 0 spiro atoms. The van der Waals surface area contributed by atoms with E-state index in [2.05, 4.69) is 0 Å². The summed E-state index contributed by atoms with van der Waals surface area (Å²) in [4.78, 5) is 23.7. The molecule has 1 fully saturated rings. The van der Waals surface area contributed by atoms with Crippen LogP contribution in [0.5, 0.6) is 0 Å². The van der Waals surface area contributed by atoms with Gasteiger partial charge in [-0.2, -0.15) is 13.2 Å². The molecule has 1 heterocycles. The fourth-order valence-corrected chi connectivity index (χ4v) is 1.63. The molecule has 1 saturated heterocycles. The molecular weight excluding hydrogens is 225 g/mol. The Kier molecular flexibility index (Phi) is 3.90. The zero-order chi connectivity index (χ0) is 12.3. The van der Waals surface area contributed by atoms with E-state index >= 15 is 0 Å². The summed E-state index contributed by atoms with van der Waals surface area (Å²) >= 11 is 0. The molecule has 16 heavy (non-hydrogen) atoms. The van der Waals surface area contributed by atoms with Gasteiger partial charge in [-0.1, -0.05) is 0 Å². The number of carbonyl (C=O) groups excluding carboxylic acids is 2. The van der Waals surface area contributed by atoms with Gasteiger partial charge in [-0.05, 0) is 26.4 Å². The van der Waals surface area contributed by atoms with Crippen LogP contribution >= 0.6 is 0 Å². The zero-order valence-electron chi connectivity index (χ0n) is 8.80. The van der Waals surface area contributed by atoms with Gasteiger partial charge in [0.2, 0.25) is 5.91 Å². The van der Waals surface area contributed by atoms with Crippen molar-refractivity contribution >= 4 is 11.7 Å². The minimum Gasteiger partial charge on any atom is -0.347 e. The average Bonchev–Trinajstić information content (AvgIpc) is 2.58. The summed E-state index contributed by atoms with van der Waals surface area (Å²) in [5.74, 6) is -2.45. The Hall–Kier alpha value is -1.11. The Labute approximate surface area is 90.8 Å². The summed E-state index contributed by atoms with van der Waals surface area (Å²) in [6.45, 7) is -0.238. The number of hydrogen-bond acceptors (Lipinski definition) is 3.